The van der Waals surface area contributed by atoms with Crippen LogP contribution in [0.25, 0.3) is 11.4 Å². The van der Waals surface area contributed by atoms with E-state index in [1.54, 1.807) is 16.6 Å². The molecule has 1 aromatic carbocycles. The molecule has 1 heterocycles. The molecule has 0 spiro atoms. The Hall–Kier alpha value is -2.15. The van der Waals surface area contributed by atoms with E-state index in [-0.39, 0.29) is 12.5 Å². The molecule has 0 unspecified atom stereocenters. The fourth-order valence-electron chi connectivity index (χ4n) is 2.20. The molecule has 0 aliphatic rings. The van der Waals surface area contributed by atoms with E-state index in [1.165, 1.54) is 0 Å². The molecule has 0 bridgehead atoms. The van der Waals surface area contributed by atoms with E-state index in [2.05, 4.69) is 17.1 Å². The van der Waals surface area contributed by atoms with Gasteiger partial charge in [0.05, 0.1) is 7.11 Å². The van der Waals surface area contributed by atoms with Crippen LogP contribution < -0.4 is 4.74 Å². The van der Waals surface area contributed by atoms with Crippen molar-refractivity contribution >= 4 is 18.1 Å². The van der Waals surface area contributed by atoms with Crippen LogP contribution >= 0.6 is 12.2 Å². The van der Waals surface area contributed by atoms with Crippen LogP contribution in [0.5, 0.6) is 5.75 Å². The van der Waals surface area contributed by atoms with Crippen molar-refractivity contribution in [3.8, 4) is 17.1 Å². The second-order valence-electron chi connectivity index (χ2n) is 5.34. The second kappa shape index (κ2) is 7.92. The van der Waals surface area contributed by atoms with Gasteiger partial charge in [-0.2, -0.15) is 5.10 Å². The van der Waals surface area contributed by atoms with Crippen LogP contribution in [-0.2, 0) is 11.3 Å². The summed E-state index contributed by atoms with van der Waals surface area (Å²) < 4.78 is 7.32. The first kappa shape index (κ1) is 17.2. The van der Waals surface area contributed by atoms with Crippen molar-refractivity contribution in [1.82, 2.24) is 19.7 Å². The van der Waals surface area contributed by atoms with Crippen LogP contribution in [0.1, 0.15) is 19.8 Å². The lowest BCUT2D eigenvalue weighted by atomic mass is 10.2. The maximum Gasteiger partial charge on any atom is 0.242 e. The first-order valence-electron chi connectivity index (χ1n) is 7.60. The molecule has 0 aliphatic carbocycles. The molecular formula is C16H22N4O2S. The van der Waals surface area contributed by atoms with Gasteiger partial charge in [0.15, 0.2) is 10.6 Å². The van der Waals surface area contributed by atoms with Crippen LogP contribution in [0.3, 0.4) is 0 Å². The number of rotatable bonds is 7. The lowest BCUT2D eigenvalue weighted by Crippen LogP contribution is -2.31. The SMILES string of the molecule is CCCCN(C)C(=O)Cn1c(-c2ccc(OC)cc2)n[nH]c1=S. The van der Waals surface area contributed by atoms with E-state index >= 15 is 0 Å². The largest absolute Gasteiger partial charge is 0.497 e. The van der Waals surface area contributed by atoms with Gasteiger partial charge in [0.25, 0.3) is 0 Å². The number of unbranched alkanes of at least 4 members (excludes halogenated alkanes) is 1. The zero-order valence-electron chi connectivity index (χ0n) is 13.7. The maximum absolute atomic E-state index is 12.3. The number of carbonyl (C=O) groups excluding carboxylic acids is 1. The van der Waals surface area contributed by atoms with Gasteiger partial charge in [0.2, 0.25) is 5.91 Å². The zero-order chi connectivity index (χ0) is 16.8. The molecule has 0 fully saturated rings. The number of H-pyrrole nitrogens is 1. The molecule has 0 atom stereocenters. The quantitative estimate of drug-likeness (QED) is 0.791. The number of carbonyl (C=O) groups is 1. The minimum absolute atomic E-state index is 0.0192. The Morgan fingerprint density at radius 1 is 1.39 bits per heavy atom. The van der Waals surface area contributed by atoms with E-state index in [4.69, 9.17) is 17.0 Å². The molecule has 0 saturated heterocycles. The van der Waals surface area contributed by atoms with Crippen molar-refractivity contribution in [1.29, 1.82) is 0 Å². The van der Waals surface area contributed by atoms with E-state index in [1.807, 2.05) is 31.3 Å². The summed E-state index contributed by atoms with van der Waals surface area (Å²) in [5.41, 5.74) is 0.877. The van der Waals surface area contributed by atoms with Gasteiger partial charge in [-0.3, -0.25) is 14.5 Å². The van der Waals surface area contributed by atoms with Crippen molar-refractivity contribution in [3.05, 3.63) is 29.0 Å². The number of hydrogen-bond donors (Lipinski definition) is 1. The van der Waals surface area contributed by atoms with Crippen LogP contribution in [0.2, 0.25) is 0 Å². The predicted octanol–water partition coefficient (Wildman–Crippen LogP) is 2.87. The highest BCUT2D eigenvalue weighted by molar-refractivity contribution is 7.71. The van der Waals surface area contributed by atoms with Crippen molar-refractivity contribution in [3.63, 3.8) is 0 Å². The molecule has 6 nitrogen and oxygen atoms in total. The number of ether oxygens (including phenoxy) is 1. The highest BCUT2D eigenvalue weighted by atomic mass is 32.1. The molecule has 1 aromatic heterocycles. The minimum Gasteiger partial charge on any atom is -0.497 e. The van der Waals surface area contributed by atoms with E-state index in [9.17, 15) is 4.79 Å². The van der Waals surface area contributed by atoms with E-state index in [0.717, 1.165) is 30.7 Å². The summed E-state index contributed by atoms with van der Waals surface area (Å²) in [6.07, 6.45) is 2.05. The van der Waals surface area contributed by atoms with Crippen LogP contribution in [0, 0.1) is 4.77 Å². The summed E-state index contributed by atoms with van der Waals surface area (Å²) in [5, 5.41) is 7.02. The maximum atomic E-state index is 12.3. The topological polar surface area (TPSA) is 63.1 Å². The van der Waals surface area contributed by atoms with Gasteiger partial charge in [0.1, 0.15) is 12.3 Å². The summed E-state index contributed by atoms with van der Waals surface area (Å²) in [5.74, 6) is 1.44. The second-order valence-corrected chi connectivity index (χ2v) is 5.72. The number of nitrogens with one attached hydrogen (secondary N) is 1. The van der Waals surface area contributed by atoms with E-state index in [0.29, 0.717) is 10.6 Å². The smallest absolute Gasteiger partial charge is 0.242 e. The third-order valence-electron chi connectivity index (χ3n) is 3.67. The Kier molecular flexibility index (Phi) is 5.92. The highest BCUT2D eigenvalue weighted by Crippen LogP contribution is 2.21. The summed E-state index contributed by atoms with van der Waals surface area (Å²) in [6.45, 7) is 3.03. The Morgan fingerprint density at radius 2 is 2.09 bits per heavy atom. The molecule has 23 heavy (non-hydrogen) atoms. The molecule has 1 N–H and O–H groups in total. The van der Waals surface area contributed by atoms with Crippen LogP contribution in [-0.4, -0.2) is 46.3 Å². The molecule has 0 saturated carbocycles. The van der Waals surface area contributed by atoms with Crippen molar-refractivity contribution in [2.75, 3.05) is 20.7 Å². The first-order valence-corrected chi connectivity index (χ1v) is 8.01. The molecule has 7 heteroatoms. The lowest BCUT2D eigenvalue weighted by molar-refractivity contribution is -0.130. The zero-order valence-corrected chi connectivity index (χ0v) is 14.5. The standard InChI is InChI=1S/C16H22N4O2S/c1-4-5-10-19(2)14(21)11-20-15(17-18-16(20)23)12-6-8-13(22-3)9-7-12/h6-9H,4-5,10-11H2,1-3H3,(H,18,23). The molecule has 124 valence electrons. The number of hydrogen-bond acceptors (Lipinski definition) is 4. The van der Waals surface area contributed by atoms with Gasteiger partial charge in [-0.25, -0.2) is 0 Å². The third kappa shape index (κ3) is 4.19. The number of aromatic nitrogens is 3. The summed E-state index contributed by atoms with van der Waals surface area (Å²) in [7, 11) is 3.44. The molecule has 1 amide bonds. The average molecular weight is 334 g/mol. The van der Waals surface area contributed by atoms with Crippen molar-refractivity contribution < 1.29 is 9.53 Å². The van der Waals surface area contributed by atoms with Gasteiger partial charge < -0.3 is 9.64 Å². The summed E-state index contributed by atoms with van der Waals surface area (Å²) >= 11 is 5.26. The molecule has 0 aliphatic heterocycles. The molecule has 2 rings (SSSR count). The van der Waals surface area contributed by atoms with E-state index < -0.39 is 0 Å². The van der Waals surface area contributed by atoms with Gasteiger partial charge in [-0.1, -0.05) is 13.3 Å². The predicted molar refractivity (Wildman–Crippen MR) is 91.9 cm³/mol. The molecule has 2 aromatic rings. The summed E-state index contributed by atoms with van der Waals surface area (Å²) in [4.78, 5) is 14.1. The van der Waals surface area contributed by atoms with Crippen LogP contribution in [0.15, 0.2) is 24.3 Å². The Labute approximate surface area is 141 Å². The van der Waals surface area contributed by atoms with Crippen LogP contribution in [0.4, 0.5) is 0 Å². The number of likely N-dealkylation sites (N-methyl/N-ethyl adjacent to an activating group) is 1. The lowest BCUT2D eigenvalue weighted by Gasteiger charge is -2.17. The fourth-order valence-corrected chi connectivity index (χ4v) is 2.40. The Morgan fingerprint density at radius 3 is 2.70 bits per heavy atom. The van der Waals surface area contributed by atoms with Gasteiger partial charge in [-0.15, -0.1) is 0 Å². The monoisotopic (exact) mass is 334 g/mol. The van der Waals surface area contributed by atoms with Crippen molar-refractivity contribution in [2.45, 2.75) is 26.3 Å². The van der Waals surface area contributed by atoms with Crippen molar-refractivity contribution in [2.24, 2.45) is 0 Å². The van der Waals surface area contributed by atoms with Gasteiger partial charge >= 0.3 is 0 Å². The Bertz CT molecular complexity index is 706. The fraction of sp³-hybridized carbons (Fsp3) is 0.438. The first-order chi connectivity index (χ1) is 11.1. The minimum atomic E-state index is 0.0192. The Balaban J connectivity index is 2.21. The van der Waals surface area contributed by atoms with Gasteiger partial charge in [0, 0.05) is 19.2 Å². The average Bonchev–Trinajstić information content (AvgIpc) is 2.93. The molecular weight excluding hydrogens is 312 g/mol. The highest BCUT2D eigenvalue weighted by Gasteiger charge is 2.15. The number of methoxy groups -OCH3 is 1. The number of nitrogens with zero attached hydrogens (tertiary/aromatic N) is 3. The normalized spacial score (nSPS) is 10.6. The number of benzene rings is 1. The van der Waals surface area contributed by atoms with Gasteiger partial charge in [-0.05, 0) is 42.9 Å². The number of aromatic amines is 1. The summed E-state index contributed by atoms with van der Waals surface area (Å²) in [6, 6.07) is 7.50. The molecule has 0 radical (unpaired) electrons. The number of amides is 1. The third-order valence-corrected chi connectivity index (χ3v) is 3.98.